The fourth-order valence-corrected chi connectivity index (χ4v) is 3.75. The van der Waals surface area contributed by atoms with Crippen molar-refractivity contribution in [2.75, 3.05) is 41.0 Å². The van der Waals surface area contributed by atoms with Crippen molar-refractivity contribution >= 4 is 5.91 Å². The van der Waals surface area contributed by atoms with Crippen LogP contribution >= 0.6 is 0 Å². The molecule has 2 aromatic rings. The molecule has 0 unspecified atom stereocenters. The van der Waals surface area contributed by atoms with Gasteiger partial charge in [0.2, 0.25) is 11.7 Å². The highest BCUT2D eigenvalue weighted by Gasteiger charge is 2.34. The van der Waals surface area contributed by atoms with Gasteiger partial charge in [0.25, 0.3) is 0 Å². The highest BCUT2D eigenvalue weighted by atomic mass is 16.5. The van der Waals surface area contributed by atoms with Gasteiger partial charge >= 0.3 is 0 Å². The van der Waals surface area contributed by atoms with E-state index in [2.05, 4.69) is 15.7 Å². The van der Waals surface area contributed by atoms with Gasteiger partial charge < -0.3 is 24.8 Å². The Hall–Kier alpha value is -2.74. The standard InChI is InChI=1S/C20H28N4O4/c1-24-12-14(9-23-24)15-10-21-11-16(15)20(25)22-8-7-13-5-6-17(26-2)19(28-4)18(13)27-3/h5-6,9,12,15-16,21H,7-8,10-11H2,1-4H3,(H,22,25)/t15-,16+/m1/s1. The molecular weight excluding hydrogens is 360 g/mol. The molecule has 1 aliphatic heterocycles. The minimum atomic E-state index is -0.100. The van der Waals surface area contributed by atoms with E-state index in [4.69, 9.17) is 14.2 Å². The van der Waals surface area contributed by atoms with Gasteiger partial charge in [-0.15, -0.1) is 0 Å². The van der Waals surface area contributed by atoms with Crippen molar-refractivity contribution in [1.82, 2.24) is 20.4 Å². The van der Waals surface area contributed by atoms with E-state index >= 15 is 0 Å². The third-order valence-electron chi connectivity index (χ3n) is 5.18. The number of benzene rings is 1. The van der Waals surface area contributed by atoms with Gasteiger partial charge in [-0.25, -0.2) is 0 Å². The minimum Gasteiger partial charge on any atom is -0.493 e. The zero-order valence-corrected chi connectivity index (χ0v) is 16.8. The SMILES string of the molecule is COc1ccc(CCNC(=O)[C@H]2CNC[C@@H]2c2cnn(C)c2)c(OC)c1OC. The normalized spacial score (nSPS) is 18.7. The van der Waals surface area contributed by atoms with Gasteiger partial charge in [0.1, 0.15) is 0 Å². The lowest BCUT2D eigenvalue weighted by molar-refractivity contribution is -0.124. The lowest BCUT2D eigenvalue weighted by Crippen LogP contribution is -2.35. The summed E-state index contributed by atoms with van der Waals surface area (Å²) in [7, 11) is 6.66. The van der Waals surface area contributed by atoms with Crippen LogP contribution in [0.15, 0.2) is 24.5 Å². The lowest BCUT2D eigenvalue weighted by atomic mass is 9.90. The van der Waals surface area contributed by atoms with Crippen LogP contribution in [0.4, 0.5) is 0 Å². The summed E-state index contributed by atoms with van der Waals surface area (Å²) >= 11 is 0. The smallest absolute Gasteiger partial charge is 0.225 e. The largest absolute Gasteiger partial charge is 0.493 e. The Morgan fingerprint density at radius 1 is 1.21 bits per heavy atom. The molecule has 152 valence electrons. The van der Waals surface area contributed by atoms with Gasteiger partial charge in [-0.3, -0.25) is 9.48 Å². The molecule has 0 saturated carbocycles. The van der Waals surface area contributed by atoms with E-state index in [-0.39, 0.29) is 17.7 Å². The number of rotatable bonds is 8. The summed E-state index contributed by atoms with van der Waals surface area (Å²) in [5.41, 5.74) is 2.04. The molecule has 2 heterocycles. The van der Waals surface area contributed by atoms with Crippen LogP contribution in [0.25, 0.3) is 0 Å². The molecule has 2 N–H and O–H groups in total. The van der Waals surface area contributed by atoms with Crippen LogP contribution in [0.5, 0.6) is 17.2 Å². The van der Waals surface area contributed by atoms with Crippen molar-refractivity contribution in [2.45, 2.75) is 12.3 Å². The summed E-state index contributed by atoms with van der Waals surface area (Å²) in [5.74, 6) is 1.90. The number of aromatic nitrogens is 2. The van der Waals surface area contributed by atoms with Crippen molar-refractivity contribution in [1.29, 1.82) is 0 Å². The van der Waals surface area contributed by atoms with Gasteiger partial charge in [0.05, 0.1) is 33.4 Å². The molecule has 28 heavy (non-hydrogen) atoms. The van der Waals surface area contributed by atoms with E-state index in [1.165, 1.54) is 0 Å². The molecule has 0 radical (unpaired) electrons. The van der Waals surface area contributed by atoms with Crippen molar-refractivity contribution in [2.24, 2.45) is 13.0 Å². The predicted molar refractivity (Wildman–Crippen MR) is 105 cm³/mol. The molecule has 8 heteroatoms. The molecule has 1 fully saturated rings. The molecule has 1 aliphatic rings. The molecule has 8 nitrogen and oxygen atoms in total. The van der Waals surface area contributed by atoms with Crippen LogP contribution in [0.1, 0.15) is 17.0 Å². The zero-order chi connectivity index (χ0) is 20.1. The second-order valence-electron chi connectivity index (χ2n) is 6.85. The van der Waals surface area contributed by atoms with Gasteiger partial charge in [0.15, 0.2) is 11.5 Å². The first-order valence-corrected chi connectivity index (χ1v) is 9.33. The van der Waals surface area contributed by atoms with Gasteiger partial charge in [0, 0.05) is 44.4 Å². The van der Waals surface area contributed by atoms with E-state index in [0.717, 1.165) is 17.7 Å². The van der Waals surface area contributed by atoms with Crippen molar-refractivity contribution in [3.05, 3.63) is 35.7 Å². The van der Waals surface area contributed by atoms with Crippen molar-refractivity contribution in [3.8, 4) is 17.2 Å². The maximum absolute atomic E-state index is 12.7. The number of amides is 1. The van der Waals surface area contributed by atoms with Crippen LogP contribution in [0, 0.1) is 5.92 Å². The summed E-state index contributed by atoms with van der Waals surface area (Å²) in [5, 5.41) is 10.6. The first kappa shape index (κ1) is 20.0. The van der Waals surface area contributed by atoms with Crippen LogP contribution in [0.2, 0.25) is 0 Å². The molecule has 3 rings (SSSR count). The molecule has 0 spiro atoms. The lowest BCUT2D eigenvalue weighted by Gasteiger charge is -2.18. The number of methoxy groups -OCH3 is 3. The van der Waals surface area contributed by atoms with E-state index < -0.39 is 0 Å². The number of nitrogens with zero attached hydrogens (tertiary/aromatic N) is 2. The molecule has 2 atom stereocenters. The predicted octanol–water partition coefficient (Wildman–Crippen LogP) is 1.11. The Balaban J connectivity index is 1.62. The summed E-state index contributed by atoms with van der Waals surface area (Å²) in [6.07, 6.45) is 4.45. The first-order chi connectivity index (χ1) is 13.6. The number of aryl methyl sites for hydroxylation is 1. The quantitative estimate of drug-likeness (QED) is 0.705. The summed E-state index contributed by atoms with van der Waals surface area (Å²) in [6, 6.07) is 3.78. The Labute approximate surface area is 165 Å². The second-order valence-corrected chi connectivity index (χ2v) is 6.85. The van der Waals surface area contributed by atoms with E-state index in [1.807, 2.05) is 31.6 Å². The highest BCUT2D eigenvalue weighted by Crippen LogP contribution is 2.39. The number of hydrogen-bond acceptors (Lipinski definition) is 6. The Morgan fingerprint density at radius 2 is 2.00 bits per heavy atom. The monoisotopic (exact) mass is 388 g/mol. The second kappa shape index (κ2) is 8.97. The maximum Gasteiger partial charge on any atom is 0.225 e. The third-order valence-corrected chi connectivity index (χ3v) is 5.18. The Kier molecular flexibility index (Phi) is 6.41. The molecule has 1 aromatic carbocycles. The molecule has 1 saturated heterocycles. The molecular formula is C20H28N4O4. The number of nitrogens with one attached hydrogen (secondary N) is 2. The number of ether oxygens (including phenoxy) is 3. The highest BCUT2D eigenvalue weighted by molar-refractivity contribution is 5.80. The third kappa shape index (κ3) is 4.06. The van der Waals surface area contributed by atoms with Crippen molar-refractivity contribution < 1.29 is 19.0 Å². The van der Waals surface area contributed by atoms with Crippen LogP contribution in [0.3, 0.4) is 0 Å². The maximum atomic E-state index is 12.7. The topological polar surface area (TPSA) is 86.6 Å². The van der Waals surface area contributed by atoms with Crippen molar-refractivity contribution in [3.63, 3.8) is 0 Å². The molecule has 0 bridgehead atoms. The first-order valence-electron chi connectivity index (χ1n) is 9.33. The van der Waals surface area contributed by atoms with E-state index in [9.17, 15) is 4.79 Å². The Morgan fingerprint density at radius 3 is 2.64 bits per heavy atom. The summed E-state index contributed by atoms with van der Waals surface area (Å²) < 4.78 is 18.0. The van der Waals surface area contributed by atoms with E-state index in [0.29, 0.717) is 36.8 Å². The molecule has 1 amide bonds. The van der Waals surface area contributed by atoms with Gasteiger partial charge in [-0.05, 0) is 18.1 Å². The molecule has 0 aliphatic carbocycles. The average molecular weight is 388 g/mol. The molecule has 1 aromatic heterocycles. The Bertz CT molecular complexity index is 821. The number of carbonyl (C=O) groups excluding carboxylic acids is 1. The fourth-order valence-electron chi connectivity index (χ4n) is 3.75. The van der Waals surface area contributed by atoms with Crippen LogP contribution in [-0.2, 0) is 18.3 Å². The van der Waals surface area contributed by atoms with Crippen LogP contribution in [-0.4, -0.2) is 56.7 Å². The fraction of sp³-hybridized carbons (Fsp3) is 0.500. The van der Waals surface area contributed by atoms with Crippen LogP contribution < -0.4 is 24.8 Å². The summed E-state index contributed by atoms with van der Waals surface area (Å²) in [4.78, 5) is 12.7. The average Bonchev–Trinajstić information content (AvgIpc) is 3.35. The minimum absolute atomic E-state index is 0.0540. The summed E-state index contributed by atoms with van der Waals surface area (Å²) in [6.45, 7) is 1.97. The number of carbonyl (C=O) groups is 1. The zero-order valence-electron chi connectivity index (χ0n) is 16.8. The van der Waals surface area contributed by atoms with Gasteiger partial charge in [-0.1, -0.05) is 6.07 Å². The van der Waals surface area contributed by atoms with Gasteiger partial charge in [-0.2, -0.15) is 5.10 Å². The van der Waals surface area contributed by atoms with E-state index in [1.54, 1.807) is 26.0 Å². The number of hydrogen-bond donors (Lipinski definition) is 2.